The Morgan fingerprint density at radius 2 is 2.17 bits per heavy atom. The second kappa shape index (κ2) is 6.62. The fourth-order valence-electron chi connectivity index (χ4n) is 2.63. The van der Waals surface area contributed by atoms with Crippen LogP contribution in [0, 0.1) is 6.92 Å². The van der Waals surface area contributed by atoms with E-state index in [-0.39, 0.29) is 12.0 Å². The molecule has 2 aromatic carbocycles. The highest BCUT2D eigenvalue weighted by atomic mass is 79.9. The second-order valence-electron chi connectivity index (χ2n) is 5.59. The molecule has 4 nitrogen and oxygen atoms in total. The number of aryl methyl sites for hydroxylation is 1. The molecule has 0 unspecified atom stereocenters. The van der Waals surface area contributed by atoms with Crippen LogP contribution < -0.4 is 14.8 Å². The summed E-state index contributed by atoms with van der Waals surface area (Å²) in [4.78, 5) is 12.2. The number of rotatable bonds is 4. The third-order valence-corrected chi connectivity index (χ3v) is 4.81. The predicted octanol–water partition coefficient (Wildman–Crippen LogP) is 3.50. The van der Waals surface area contributed by atoms with Gasteiger partial charge in [0.05, 0.1) is 13.7 Å². The molecular weight excluding hydrogens is 358 g/mol. The second-order valence-corrected chi connectivity index (χ2v) is 6.45. The van der Waals surface area contributed by atoms with Crippen LogP contribution in [0.15, 0.2) is 40.9 Å². The predicted molar refractivity (Wildman–Crippen MR) is 92.3 cm³/mol. The van der Waals surface area contributed by atoms with Gasteiger partial charge >= 0.3 is 0 Å². The zero-order chi connectivity index (χ0) is 16.4. The standard InChI is InChI=1S/C18H18BrNO3/c1-11-7-12(3-5-16(11)19)18(21)20-10-15-9-13-8-14(22-2)4-6-17(13)23-15/h3-8,15H,9-10H2,1-2H3,(H,20,21)/t15-/m0/s1. The molecule has 1 N–H and O–H groups in total. The zero-order valence-electron chi connectivity index (χ0n) is 13.1. The minimum Gasteiger partial charge on any atom is -0.497 e. The molecule has 1 atom stereocenters. The van der Waals surface area contributed by atoms with E-state index in [9.17, 15) is 4.79 Å². The molecule has 0 spiro atoms. The lowest BCUT2D eigenvalue weighted by atomic mass is 10.1. The maximum atomic E-state index is 12.2. The van der Waals surface area contributed by atoms with Gasteiger partial charge in [-0.15, -0.1) is 0 Å². The Morgan fingerprint density at radius 1 is 1.35 bits per heavy atom. The Balaban J connectivity index is 1.59. The highest BCUT2D eigenvalue weighted by Gasteiger charge is 2.23. The topological polar surface area (TPSA) is 47.6 Å². The third kappa shape index (κ3) is 3.50. The third-order valence-electron chi connectivity index (χ3n) is 3.92. The summed E-state index contributed by atoms with van der Waals surface area (Å²) in [6.45, 7) is 2.44. The van der Waals surface area contributed by atoms with Crippen LogP contribution in [-0.4, -0.2) is 25.7 Å². The molecule has 2 aromatic rings. The van der Waals surface area contributed by atoms with Gasteiger partial charge in [-0.1, -0.05) is 15.9 Å². The van der Waals surface area contributed by atoms with E-state index in [2.05, 4.69) is 21.2 Å². The number of methoxy groups -OCH3 is 1. The van der Waals surface area contributed by atoms with Gasteiger partial charge in [0.15, 0.2) is 0 Å². The first-order chi connectivity index (χ1) is 11.1. The molecule has 0 saturated heterocycles. The van der Waals surface area contributed by atoms with Gasteiger partial charge in [0.25, 0.3) is 5.91 Å². The van der Waals surface area contributed by atoms with Crippen LogP contribution in [0.1, 0.15) is 21.5 Å². The van der Waals surface area contributed by atoms with Gasteiger partial charge in [-0.2, -0.15) is 0 Å². The van der Waals surface area contributed by atoms with Gasteiger partial charge < -0.3 is 14.8 Å². The lowest BCUT2D eigenvalue weighted by molar-refractivity contribution is 0.0933. The fraction of sp³-hybridized carbons (Fsp3) is 0.278. The summed E-state index contributed by atoms with van der Waals surface area (Å²) in [6, 6.07) is 11.3. The average Bonchev–Trinajstić information content (AvgIpc) is 2.96. The van der Waals surface area contributed by atoms with Crippen molar-refractivity contribution in [3.05, 3.63) is 57.6 Å². The molecular formula is C18H18BrNO3. The van der Waals surface area contributed by atoms with Gasteiger partial charge in [-0.3, -0.25) is 4.79 Å². The first kappa shape index (κ1) is 15.9. The molecule has 1 aliphatic rings. The van der Waals surface area contributed by atoms with Crippen molar-refractivity contribution in [3.63, 3.8) is 0 Å². The van der Waals surface area contributed by atoms with E-state index in [0.717, 1.165) is 33.5 Å². The van der Waals surface area contributed by atoms with Crippen LogP contribution in [0.5, 0.6) is 11.5 Å². The van der Waals surface area contributed by atoms with Crippen molar-refractivity contribution in [2.24, 2.45) is 0 Å². The largest absolute Gasteiger partial charge is 0.497 e. The smallest absolute Gasteiger partial charge is 0.251 e. The maximum absolute atomic E-state index is 12.2. The van der Waals surface area contributed by atoms with Crippen LogP contribution in [0.3, 0.4) is 0 Å². The first-order valence-electron chi connectivity index (χ1n) is 7.44. The highest BCUT2D eigenvalue weighted by molar-refractivity contribution is 9.10. The van der Waals surface area contributed by atoms with E-state index in [0.29, 0.717) is 12.1 Å². The number of halogens is 1. The number of hydrogen-bond acceptors (Lipinski definition) is 3. The molecule has 1 amide bonds. The van der Waals surface area contributed by atoms with Gasteiger partial charge in [-0.25, -0.2) is 0 Å². The lowest BCUT2D eigenvalue weighted by Gasteiger charge is -2.12. The van der Waals surface area contributed by atoms with Crippen molar-refractivity contribution in [3.8, 4) is 11.5 Å². The summed E-state index contributed by atoms with van der Waals surface area (Å²) in [5.41, 5.74) is 2.81. The number of amides is 1. The molecule has 0 aromatic heterocycles. The SMILES string of the molecule is COc1ccc2c(c1)C[C@@H](CNC(=O)c1ccc(Br)c(C)c1)O2. The van der Waals surface area contributed by atoms with Crippen molar-refractivity contribution < 1.29 is 14.3 Å². The molecule has 23 heavy (non-hydrogen) atoms. The van der Waals surface area contributed by atoms with Crippen molar-refractivity contribution in [2.45, 2.75) is 19.4 Å². The Hall–Kier alpha value is -2.01. The zero-order valence-corrected chi connectivity index (χ0v) is 14.6. The first-order valence-corrected chi connectivity index (χ1v) is 8.24. The van der Waals surface area contributed by atoms with Crippen LogP contribution in [0.25, 0.3) is 0 Å². The van der Waals surface area contributed by atoms with Crippen LogP contribution in [0.4, 0.5) is 0 Å². The van der Waals surface area contributed by atoms with Crippen LogP contribution in [0.2, 0.25) is 0 Å². The highest BCUT2D eigenvalue weighted by Crippen LogP contribution is 2.31. The molecule has 1 aliphatic heterocycles. The van der Waals surface area contributed by atoms with Crippen molar-refractivity contribution >= 4 is 21.8 Å². The minimum absolute atomic E-state index is 0.0439. The Labute approximate surface area is 143 Å². The number of hydrogen-bond donors (Lipinski definition) is 1. The summed E-state index contributed by atoms with van der Waals surface area (Å²) in [5.74, 6) is 1.60. The van der Waals surface area contributed by atoms with E-state index in [4.69, 9.17) is 9.47 Å². The molecule has 0 saturated carbocycles. The molecule has 5 heteroatoms. The van der Waals surface area contributed by atoms with E-state index in [1.807, 2.05) is 43.3 Å². The molecule has 0 aliphatic carbocycles. The summed E-state index contributed by atoms with van der Waals surface area (Å²) < 4.78 is 12.1. The summed E-state index contributed by atoms with van der Waals surface area (Å²) >= 11 is 3.44. The van der Waals surface area contributed by atoms with E-state index in [1.165, 1.54) is 0 Å². The Kier molecular flexibility index (Phi) is 4.57. The van der Waals surface area contributed by atoms with E-state index in [1.54, 1.807) is 7.11 Å². The van der Waals surface area contributed by atoms with Crippen molar-refractivity contribution in [1.82, 2.24) is 5.32 Å². The minimum atomic E-state index is -0.0854. The Morgan fingerprint density at radius 3 is 2.91 bits per heavy atom. The monoisotopic (exact) mass is 375 g/mol. The van der Waals surface area contributed by atoms with Gasteiger partial charge in [0.1, 0.15) is 17.6 Å². The van der Waals surface area contributed by atoms with E-state index < -0.39 is 0 Å². The normalized spacial score (nSPS) is 15.7. The number of ether oxygens (including phenoxy) is 2. The molecule has 0 radical (unpaired) electrons. The number of benzene rings is 2. The number of carbonyl (C=O) groups excluding carboxylic acids is 1. The van der Waals surface area contributed by atoms with E-state index >= 15 is 0 Å². The maximum Gasteiger partial charge on any atom is 0.251 e. The van der Waals surface area contributed by atoms with Gasteiger partial charge in [0.2, 0.25) is 0 Å². The van der Waals surface area contributed by atoms with Crippen molar-refractivity contribution in [2.75, 3.05) is 13.7 Å². The van der Waals surface area contributed by atoms with Gasteiger partial charge in [0, 0.05) is 22.0 Å². The Bertz CT molecular complexity index is 745. The molecule has 3 rings (SSSR count). The lowest BCUT2D eigenvalue weighted by Crippen LogP contribution is -2.34. The molecule has 1 heterocycles. The van der Waals surface area contributed by atoms with Crippen LogP contribution in [-0.2, 0) is 6.42 Å². The number of carbonyl (C=O) groups is 1. The fourth-order valence-corrected chi connectivity index (χ4v) is 2.88. The number of fused-ring (bicyclic) bond motifs is 1. The average molecular weight is 376 g/mol. The van der Waals surface area contributed by atoms with Crippen molar-refractivity contribution in [1.29, 1.82) is 0 Å². The summed E-state index contributed by atoms with van der Waals surface area (Å²) in [6.07, 6.45) is 0.726. The molecule has 120 valence electrons. The van der Waals surface area contributed by atoms with Gasteiger partial charge in [-0.05, 0) is 48.9 Å². The molecule has 0 fully saturated rings. The van der Waals surface area contributed by atoms with Crippen LogP contribution >= 0.6 is 15.9 Å². The summed E-state index contributed by atoms with van der Waals surface area (Å²) in [5, 5.41) is 2.94. The summed E-state index contributed by atoms with van der Waals surface area (Å²) in [7, 11) is 1.65. The number of nitrogens with one attached hydrogen (secondary N) is 1. The molecule has 0 bridgehead atoms. The quantitative estimate of drug-likeness (QED) is 0.889.